The van der Waals surface area contributed by atoms with Gasteiger partial charge in [-0.05, 0) is 29.8 Å². The van der Waals surface area contributed by atoms with Crippen molar-refractivity contribution >= 4 is 15.9 Å². The molecule has 1 unspecified atom stereocenters. The Balaban J connectivity index is 2.45. The Morgan fingerprint density at radius 3 is 2.78 bits per heavy atom. The van der Waals surface area contributed by atoms with Crippen molar-refractivity contribution in [2.75, 3.05) is 7.11 Å². The fourth-order valence-electron chi connectivity index (χ4n) is 1.69. The number of benzene rings is 1. The standard InChI is InChI=1S/C13H12BrFN2O/c1-18-8-2-3-11(14)10(6-8)13(16)9-4-5-17-7-12(9)15/h2-7,13H,16H2,1H3. The number of nitrogens with two attached hydrogens (primary N) is 1. The van der Waals surface area contributed by atoms with Crippen LogP contribution in [0.4, 0.5) is 4.39 Å². The Morgan fingerprint density at radius 1 is 1.33 bits per heavy atom. The van der Waals surface area contributed by atoms with Gasteiger partial charge in [-0.2, -0.15) is 0 Å². The second-order valence-electron chi connectivity index (χ2n) is 3.76. The van der Waals surface area contributed by atoms with Crippen molar-refractivity contribution < 1.29 is 9.13 Å². The summed E-state index contributed by atoms with van der Waals surface area (Å²) in [5, 5.41) is 0. The number of nitrogens with zero attached hydrogens (tertiary/aromatic N) is 1. The Labute approximate surface area is 113 Å². The van der Waals surface area contributed by atoms with Crippen LogP contribution in [0.3, 0.4) is 0 Å². The maximum absolute atomic E-state index is 13.7. The molecule has 2 N–H and O–H groups in total. The molecule has 0 aliphatic carbocycles. The Kier molecular flexibility index (Phi) is 3.93. The highest BCUT2D eigenvalue weighted by molar-refractivity contribution is 9.10. The minimum absolute atomic E-state index is 0.402. The lowest BCUT2D eigenvalue weighted by molar-refractivity contribution is 0.414. The van der Waals surface area contributed by atoms with Crippen LogP contribution in [0.15, 0.2) is 41.1 Å². The number of hydrogen-bond acceptors (Lipinski definition) is 3. The number of rotatable bonds is 3. The van der Waals surface area contributed by atoms with E-state index in [1.807, 2.05) is 12.1 Å². The molecule has 3 nitrogen and oxygen atoms in total. The molecule has 2 aromatic rings. The quantitative estimate of drug-likeness (QED) is 0.948. The minimum Gasteiger partial charge on any atom is -0.497 e. The van der Waals surface area contributed by atoms with Crippen LogP contribution in [0, 0.1) is 5.82 Å². The van der Waals surface area contributed by atoms with Gasteiger partial charge < -0.3 is 10.5 Å². The lowest BCUT2D eigenvalue weighted by Gasteiger charge is -2.15. The van der Waals surface area contributed by atoms with Crippen molar-refractivity contribution in [3.8, 4) is 5.75 Å². The number of aromatic nitrogens is 1. The fraction of sp³-hybridized carbons (Fsp3) is 0.154. The number of hydrogen-bond donors (Lipinski definition) is 1. The van der Waals surface area contributed by atoms with Gasteiger partial charge in [0.05, 0.1) is 19.3 Å². The van der Waals surface area contributed by atoms with Crippen molar-refractivity contribution in [1.82, 2.24) is 4.98 Å². The highest BCUT2D eigenvalue weighted by Gasteiger charge is 2.16. The molecule has 1 aromatic heterocycles. The summed E-state index contributed by atoms with van der Waals surface area (Å²) in [7, 11) is 1.57. The first-order valence-electron chi connectivity index (χ1n) is 5.32. The molecule has 1 atom stereocenters. The average molecular weight is 311 g/mol. The maximum Gasteiger partial charge on any atom is 0.146 e. The minimum atomic E-state index is -0.572. The van der Waals surface area contributed by atoms with Crippen LogP contribution >= 0.6 is 15.9 Å². The second-order valence-corrected chi connectivity index (χ2v) is 4.62. The highest BCUT2D eigenvalue weighted by atomic mass is 79.9. The van der Waals surface area contributed by atoms with Crippen LogP contribution in [0.2, 0.25) is 0 Å². The third-order valence-electron chi connectivity index (χ3n) is 2.68. The third kappa shape index (κ3) is 2.52. The number of pyridine rings is 1. The number of ether oxygens (including phenoxy) is 1. The van der Waals surface area contributed by atoms with Gasteiger partial charge in [-0.3, -0.25) is 4.98 Å². The summed E-state index contributed by atoms with van der Waals surface area (Å²) in [6.07, 6.45) is 2.68. The predicted octanol–water partition coefficient (Wildman–Crippen LogP) is 3.04. The third-order valence-corrected chi connectivity index (χ3v) is 3.40. The summed E-state index contributed by atoms with van der Waals surface area (Å²) in [5.41, 5.74) is 7.25. The van der Waals surface area contributed by atoms with Crippen LogP contribution in [-0.2, 0) is 0 Å². The molecule has 1 aromatic carbocycles. The molecule has 18 heavy (non-hydrogen) atoms. The molecule has 0 aliphatic rings. The van der Waals surface area contributed by atoms with Crippen molar-refractivity contribution in [3.05, 3.63) is 58.1 Å². The van der Waals surface area contributed by atoms with Crippen LogP contribution in [0.5, 0.6) is 5.75 Å². The molecule has 0 aliphatic heterocycles. The molecule has 0 fully saturated rings. The summed E-state index contributed by atoms with van der Waals surface area (Å²) in [6, 6.07) is 6.43. The first kappa shape index (κ1) is 13.0. The molecular formula is C13H12BrFN2O. The molecule has 1 heterocycles. The fourth-order valence-corrected chi connectivity index (χ4v) is 2.19. The van der Waals surface area contributed by atoms with E-state index in [9.17, 15) is 4.39 Å². The lowest BCUT2D eigenvalue weighted by Crippen LogP contribution is -2.14. The van der Waals surface area contributed by atoms with Gasteiger partial charge in [-0.25, -0.2) is 4.39 Å². The van der Waals surface area contributed by atoms with E-state index in [0.717, 1.165) is 16.2 Å². The molecule has 0 spiro atoms. The van der Waals surface area contributed by atoms with Crippen molar-refractivity contribution in [1.29, 1.82) is 0 Å². The van der Waals surface area contributed by atoms with Crippen molar-refractivity contribution in [2.24, 2.45) is 5.73 Å². The van der Waals surface area contributed by atoms with E-state index in [4.69, 9.17) is 10.5 Å². The first-order chi connectivity index (χ1) is 8.63. The zero-order chi connectivity index (χ0) is 13.1. The van der Waals surface area contributed by atoms with E-state index in [-0.39, 0.29) is 0 Å². The first-order valence-corrected chi connectivity index (χ1v) is 6.11. The summed E-state index contributed by atoms with van der Waals surface area (Å²) in [6.45, 7) is 0. The number of halogens is 2. The van der Waals surface area contributed by atoms with Crippen molar-refractivity contribution in [3.63, 3.8) is 0 Å². The van der Waals surface area contributed by atoms with Gasteiger partial charge in [-0.15, -0.1) is 0 Å². The van der Waals surface area contributed by atoms with E-state index in [0.29, 0.717) is 11.3 Å². The topological polar surface area (TPSA) is 48.1 Å². The molecule has 0 amide bonds. The molecular weight excluding hydrogens is 299 g/mol. The Bertz CT molecular complexity index is 562. The molecule has 0 saturated heterocycles. The normalized spacial score (nSPS) is 12.2. The Morgan fingerprint density at radius 2 is 2.11 bits per heavy atom. The second kappa shape index (κ2) is 5.46. The van der Waals surface area contributed by atoms with Gasteiger partial charge in [0.1, 0.15) is 11.6 Å². The van der Waals surface area contributed by atoms with Crippen LogP contribution in [0.1, 0.15) is 17.2 Å². The maximum atomic E-state index is 13.7. The van der Waals surface area contributed by atoms with Crippen LogP contribution in [0.25, 0.3) is 0 Å². The summed E-state index contributed by atoms with van der Waals surface area (Å²) >= 11 is 3.41. The molecule has 5 heteroatoms. The van der Waals surface area contributed by atoms with E-state index in [1.165, 1.54) is 6.20 Å². The largest absolute Gasteiger partial charge is 0.497 e. The van der Waals surface area contributed by atoms with Gasteiger partial charge in [0.25, 0.3) is 0 Å². The highest BCUT2D eigenvalue weighted by Crippen LogP contribution is 2.30. The summed E-state index contributed by atoms with van der Waals surface area (Å²) < 4.78 is 19.6. The van der Waals surface area contributed by atoms with Gasteiger partial charge in [0.15, 0.2) is 0 Å². The van der Waals surface area contributed by atoms with Crippen LogP contribution < -0.4 is 10.5 Å². The molecule has 94 valence electrons. The average Bonchev–Trinajstić information content (AvgIpc) is 2.39. The molecule has 0 bridgehead atoms. The molecule has 0 radical (unpaired) electrons. The van der Waals surface area contributed by atoms with E-state index < -0.39 is 11.9 Å². The van der Waals surface area contributed by atoms with Gasteiger partial charge in [0, 0.05) is 16.2 Å². The summed E-state index contributed by atoms with van der Waals surface area (Å²) in [4.78, 5) is 3.71. The monoisotopic (exact) mass is 310 g/mol. The SMILES string of the molecule is COc1ccc(Br)c(C(N)c2ccncc2F)c1. The summed E-state index contributed by atoms with van der Waals surface area (Å²) in [5.74, 6) is 0.262. The zero-order valence-corrected chi connectivity index (χ0v) is 11.3. The van der Waals surface area contributed by atoms with Gasteiger partial charge in [-0.1, -0.05) is 15.9 Å². The zero-order valence-electron chi connectivity index (χ0n) is 9.73. The van der Waals surface area contributed by atoms with E-state index in [2.05, 4.69) is 20.9 Å². The Hall–Kier alpha value is -1.46. The number of methoxy groups -OCH3 is 1. The smallest absolute Gasteiger partial charge is 0.146 e. The van der Waals surface area contributed by atoms with E-state index >= 15 is 0 Å². The van der Waals surface area contributed by atoms with E-state index in [1.54, 1.807) is 19.2 Å². The van der Waals surface area contributed by atoms with Crippen LogP contribution in [-0.4, -0.2) is 12.1 Å². The molecule has 2 rings (SSSR count). The van der Waals surface area contributed by atoms with Gasteiger partial charge in [0.2, 0.25) is 0 Å². The molecule has 0 saturated carbocycles. The lowest BCUT2D eigenvalue weighted by atomic mass is 10.00. The predicted molar refractivity (Wildman–Crippen MR) is 70.9 cm³/mol. The van der Waals surface area contributed by atoms with Crippen molar-refractivity contribution in [2.45, 2.75) is 6.04 Å². The van der Waals surface area contributed by atoms with Gasteiger partial charge >= 0.3 is 0 Å².